The van der Waals surface area contributed by atoms with Gasteiger partial charge in [0.25, 0.3) is 0 Å². The highest BCUT2D eigenvalue weighted by molar-refractivity contribution is 5.80. The van der Waals surface area contributed by atoms with E-state index in [4.69, 9.17) is 30.4 Å². The quantitative estimate of drug-likeness (QED) is 0.105. The average molecular weight is 522 g/mol. The van der Waals surface area contributed by atoms with Crippen molar-refractivity contribution in [3.05, 3.63) is 0 Å². The van der Waals surface area contributed by atoms with Crippen LogP contribution in [-0.4, -0.2) is 109 Å². The first-order valence-corrected chi connectivity index (χ1v) is 12.1. The van der Waals surface area contributed by atoms with Crippen LogP contribution in [0, 0.1) is 0 Å². The molecule has 0 aromatic heterocycles. The summed E-state index contributed by atoms with van der Waals surface area (Å²) in [6.45, 7) is 3.63. The molecule has 0 spiro atoms. The first-order chi connectivity index (χ1) is 17.3. The highest BCUT2D eigenvalue weighted by Crippen LogP contribution is 2.03. The van der Waals surface area contributed by atoms with E-state index in [2.05, 4.69) is 14.8 Å². The number of nitrogens with one attached hydrogen (secondary N) is 1. The van der Waals surface area contributed by atoms with Gasteiger partial charge in [-0.3, -0.25) is 19.2 Å². The molecule has 0 saturated heterocycles. The van der Waals surface area contributed by atoms with E-state index in [1.807, 2.05) is 0 Å². The normalized spacial score (nSPS) is 12.6. The third-order valence-electron chi connectivity index (χ3n) is 4.85. The number of amides is 1. The summed E-state index contributed by atoms with van der Waals surface area (Å²) in [6.07, 6.45) is 1.86. The smallest absolute Gasteiger partial charge is 0.322 e. The van der Waals surface area contributed by atoms with Gasteiger partial charge >= 0.3 is 11.9 Å². The molecular formula is C23H43N3O10. The van der Waals surface area contributed by atoms with Crippen molar-refractivity contribution in [1.29, 1.82) is 0 Å². The molecule has 0 heterocycles. The van der Waals surface area contributed by atoms with Crippen LogP contribution in [0.3, 0.4) is 0 Å². The number of ether oxygens (including phenoxy) is 6. The fourth-order valence-electron chi connectivity index (χ4n) is 2.75. The number of hydrogen-bond acceptors (Lipinski definition) is 12. The Bertz CT molecular complexity index is 569. The van der Waals surface area contributed by atoms with E-state index in [-0.39, 0.29) is 37.4 Å². The molecule has 0 bridgehead atoms. The number of Topliss-reactive ketones (excluding diaryl/α,β-unsaturated/α-hetero) is 1. The summed E-state index contributed by atoms with van der Waals surface area (Å²) >= 11 is 0. The molecule has 0 saturated carbocycles. The van der Waals surface area contributed by atoms with Crippen LogP contribution in [0.5, 0.6) is 0 Å². The lowest BCUT2D eigenvalue weighted by Crippen LogP contribution is -2.34. The third-order valence-corrected chi connectivity index (χ3v) is 4.85. The van der Waals surface area contributed by atoms with Gasteiger partial charge in [-0.2, -0.15) is 0 Å². The van der Waals surface area contributed by atoms with Gasteiger partial charge in [0.1, 0.15) is 17.9 Å². The van der Waals surface area contributed by atoms with Gasteiger partial charge in [0, 0.05) is 32.4 Å². The zero-order valence-corrected chi connectivity index (χ0v) is 21.5. The summed E-state index contributed by atoms with van der Waals surface area (Å²) in [6, 6.07) is -1.56. The summed E-state index contributed by atoms with van der Waals surface area (Å²) in [5.41, 5.74) is 11.2. The van der Waals surface area contributed by atoms with Crippen LogP contribution in [0.4, 0.5) is 0 Å². The maximum atomic E-state index is 11.7. The second-order valence-corrected chi connectivity index (χ2v) is 7.78. The minimum Gasteiger partial charge on any atom is -0.468 e. The van der Waals surface area contributed by atoms with Gasteiger partial charge in [-0.15, -0.1) is 0 Å². The van der Waals surface area contributed by atoms with Crippen molar-refractivity contribution in [2.75, 3.05) is 73.6 Å². The summed E-state index contributed by atoms with van der Waals surface area (Å²) in [7, 11) is 2.51. The summed E-state index contributed by atoms with van der Waals surface area (Å²) < 4.78 is 30.6. The Balaban J connectivity index is 3.34. The fraction of sp³-hybridized carbons (Fsp3) is 0.826. The first kappa shape index (κ1) is 33.8. The molecule has 13 heteroatoms. The molecule has 0 fully saturated rings. The maximum Gasteiger partial charge on any atom is 0.322 e. The number of esters is 2. The molecular weight excluding hydrogens is 478 g/mol. The molecule has 0 radical (unpaired) electrons. The molecule has 2 atom stereocenters. The summed E-state index contributed by atoms with van der Waals surface area (Å²) in [4.78, 5) is 45.7. The average Bonchev–Trinajstić information content (AvgIpc) is 2.88. The number of carbonyl (C=O) groups is 4. The zero-order chi connectivity index (χ0) is 27.0. The van der Waals surface area contributed by atoms with Gasteiger partial charge < -0.3 is 45.2 Å². The van der Waals surface area contributed by atoms with E-state index in [0.29, 0.717) is 72.2 Å². The summed E-state index contributed by atoms with van der Waals surface area (Å²) in [5.74, 6) is -1.22. The number of hydrogen-bond donors (Lipinski definition) is 3. The minimum absolute atomic E-state index is 0.0396. The lowest BCUT2D eigenvalue weighted by atomic mass is 10.1. The number of nitrogens with two attached hydrogens (primary N) is 2. The van der Waals surface area contributed by atoms with E-state index in [9.17, 15) is 19.2 Å². The van der Waals surface area contributed by atoms with Crippen molar-refractivity contribution in [1.82, 2.24) is 5.32 Å². The molecule has 0 aromatic carbocycles. The topological polar surface area (TPSA) is 188 Å². The van der Waals surface area contributed by atoms with Crippen LogP contribution in [0.1, 0.15) is 38.5 Å². The van der Waals surface area contributed by atoms with E-state index >= 15 is 0 Å². The molecule has 0 aromatic rings. The molecule has 0 unspecified atom stereocenters. The van der Waals surface area contributed by atoms with Crippen molar-refractivity contribution >= 4 is 23.6 Å². The lowest BCUT2D eigenvalue weighted by Gasteiger charge is -2.10. The Morgan fingerprint density at radius 1 is 0.639 bits per heavy atom. The SMILES string of the molecule is COC(=O)[C@@H](N)CCC(=O)CCCOCCOCCOCCOCCNC(=O)CC[C@H](N)C(=O)OC. The molecule has 0 aliphatic heterocycles. The predicted molar refractivity (Wildman–Crippen MR) is 129 cm³/mol. The van der Waals surface area contributed by atoms with Gasteiger partial charge in [0.05, 0.1) is 60.5 Å². The van der Waals surface area contributed by atoms with E-state index in [0.717, 1.165) is 0 Å². The van der Waals surface area contributed by atoms with Gasteiger partial charge in [-0.1, -0.05) is 0 Å². The Hall–Kier alpha value is -2.16. The predicted octanol–water partition coefficient (Wildman–Crippen LogP) is -0.921. The maximum absolute atomic E-state index is 11.7. The Kier molecular flexibility index (Phi) is 21.9. The van der Waals surface area contributed by atoms with Crippen molar-refractivity contribution < 1.29 is 47.6 Å². The Morgan fingerprint density at radius 3 is 1.58 bits per heavy atom. The largest absolute Gasteiger partial charge is 0.468 e. The lowest BCUT2D eigenvalue weighted by molar-refractivity contribution is -0.143. The molecule has 0 aliphatic rings. The number of methoxy groups -OCH3 is 2. The Morgan fingerprint density at radius 2 is 1.08 bits per heavy atom. The van der Waals surface area contributed by atoms with Crippen LogP contribution in [0.15, 0.2) is 0 Å². The van der Waals surface area contributed by atoms with E-state index in [1.54, 1.807) is 0 Å². The van der Waals surface area contributed by atoms with Crippen LogP contribution in [0.2, 0.25) is 0 Å². The minimum atomic E-state index is -0.800. The zero-order valence-electron chi connectivity index (χ0n) is 21.5. The van der Waals surface area contributed by atoms with E-state index in [1.165, 1.54) is 14.2 Å². The monoisotopic (exact) mass is 521 g/mol. The third kappa shape index (κ3) is 20.1. The first-order valence-electron chi connectivity index (χ1n) is 12.1. The van der Waals surface area contributed by atoms with Crippen molar-refractivity contribution in [2.45, 2.75) is 50.6 Å². The molecule has 1 amide bonds. The van der Waals surface area contributed by atoms with Crippen molar-refractivity contribution in [2.24, 2.45) is 11.5 Å². The summed E-state index contributed by atoms with van der Waals surface area (Å²) in [5, 5.41) is 2.68. The van der Waals surface area contributed by atoms with Gasteiger partial charge in [-0.05, 0) is 19.3 Å². The number of ketones is 1. The molecule has 0 rings (SSSR count). The van der Waals surface area contributed by atoms with Crippen molar-refractivity contribution in [3.8, 4) is 0 Å². The highest BCUT2D eigenvalue weighted by Gasteiger charge is 2.16. The van der Waals surface area contributed by atoms with Crippen LogP contribution in [0.25, 0.3) is 0 Å². The molecule has 5 N–H and O–H groups in total. The molecule has 13 nitrogen and oxygen atoms in total. The second kappa shape index (κ2) is 23.3. The van der Waals surface area contributed by atoms with Gasteiger partial charge in [-0.25, -0.2) is 0 Å². The highest BCUT2D eigenvalue weighted by atomic mass is 16.6. The molecule has 210 valence electrons. The number of rotatable bonds is 24. The fourth-order valence-corrected chi connectivity index (χ4v) is 2.75. The van der Waals surface area contributed by atoms with E-state index < -0.39 is 24.0 Å². The second-order valence-electron chi connectivity index (χ2n) is 7.78. The standard InChI is InChI=1S/C23H43N3O10/c1-31-22(29)19(24)6-5-18(27)4-3-10-33-12-14-35-16-17-36-15-13-34-11-9-26-21(28)8-7-20(25)23(30)32-2/h19-20H,3-17,24-25H2,1-2H3,(H,26,28)/t19-,20-/m0/s1. The van der Waals surface area contributed by atoms with Crippen LogP contribution >= 0.6 is 0 Å². The van der Waals surface area contributed by atoms with Crippen molar-refractivity contribution in [3.63, 3.8) is 0 Å². The molecule has 0 aliphatic carbocycles. The van der Waals surface area contributed by atoms with Gasteiger partial charge in [0.15, 0.2) is 0 Å². The Labute approximate surface area is 212 Å². The van der Waals surface area contributed by atoms with Crippen LogP contribution < -0.4 is 16.8 Å². The van der Waals surface area contributed by atoms with Crippen LogP contribution in [-0.2, 0) is 47.6 Å². The van der Waals surface area contributed by atoms with Gasteiger partial charge in [0.2, 0.25) is 5.91 Å². The number of carbonyl (C=O) groups excluding carboxylic acids is 4. The molecule has 36 heavy (non-hydrogen) atoms.